The number of nitrogens with one attached hydrogen (secondary N) is 1. The van der Waals surface area contributed by atoms with Gasteiger partial charge < -0.3 is 5.32 Å². The van der Waals surface area contributed by atoms with Gasteiger partial charge in [-0.25, -0.2) is 8.78 Å². The third kappa shape index (κ3) is 3.84. The first-order valence-corrected chi connectivity index (χ1v) is 10.1. The van der Waals surface area contributed by atoms with Gasteiger partial charge in [0, 0.05) is 19.6 Å². The van der Waals surface area contributed by atoms with Crippen LogP contribution in [-0.4, -0.2) is 23.9 Å². The highest BCUT2D eigenvalue weighted by Crippen LogP contribution is 2.29. The van der Waals surface area contributed by atoms with Crippen LogP contribution in [0, 0.1) is 11.6 Å². The van der Waals surface area contributed by atoms with E-state index in [-0.39, 0.29) is 12.6 Å². The molecule has 6 heteroatoms. The number of halogens is 2. The Balaban J connectivity index is 1.53. The zero-order valence-electron chi connectivity index (χ0n) is 15.2. The first-order valence-electron chi connectivity index (χ1n) is 9.18. The Morgan fingerprint density at radius 1 is 1.07 bits per heavy atom. The van der Waals surface area contributed by atoms with Crippen molar-refractivity contribution in [3.05, 3.63) is 93.2 Å². The van der Waals surface area contributed by atoms with Gasteiger partial charge in [-0.3, -0.25) is 9.69 Å². The van der Waals surface area contributed by atoms with E-state index in [9.17, 15) is 13.6 Å². The van der Waals surface area contributed by atoms with Gasteiger partial charge in [0.1, 0.15) is 17.2 Å². The fourth-order valence-corrected chi connectivity index (χ4v) is 4.41. The summed E-state index contributed by atoms with van der Waals surface area (Å²) in [5.74, 6) is -2.43. The van der Waals surface area contributed by atoms with Crippen LogP contribution < -0.4 is 5.32 Å². The molecule has 28 heavy (non-hydrogen) atoms. The predicted molar refractivity (Wildman–Crippen MR) is 106 cm³/mol. The molecular weight excluding hydrogens is 378 g/mol. The minimum absolute atomic E-state index is 0.0570. The highest BCUT2D eigenvalue weighted by atomic mass is 32.1. The molecule has 1 amide bonds. The number of rotatable bonds is 5. The number of nitrogens with zero attached hydrogens (tertiary/aromatic N) is 1. The molecule has 2 heterocycles. The summed E-state index contributed by atoms with van der Waals surface area (Å²) in [6, 6.07) is 13.8. The topological polar surface area (TPSA) is 32.3 Å². The summed E-state index contributed by atoms with van der Waals surface area (Å²) in [6.07, 6.45) is 0.937. The number of amides is 1. The van der Waals surface area contributed by atoms with Gasteiger partial charge in [0.2, 0.25) is 0 Å². The molecule has 1 aliphatic heterocycles. The molecule has 0 saturated carbocycles. The van der Waals surface area contributed by atoms with E-state index >= 15 is 0 Å². The fourth-order valence-electron chi connectivity index (χ4n) is 3.70. The SMILES string of the molecule is O=C(NCC(c1ccsc1)N1CCc2ccccc2C1)c1c(F)cccc1F. The second-order valence-electron chi connectivity index (χ2n) is 6.87. The van der Waals surface area contributed by atoms with Crippen molar-refractivity contribution in [2.75, 3.05) is 13.1 Å². The Morgan fingerprint density at radius 2 is 1.82 bits per heavy atom. The van der Waals surface area contributed by atoms with Crippen molar-refractivity contribution in [3.63, 3.8) is 0 Å². The van der Waals surface area contributed by atoms with E-state index in [1.807, 2.05) is 23.6 Å². The van der Waals surface area contributed by atoms with Crippen LogP contribution in [-0.2, 0) is 13.0 Å². The van der Waals surface area contributed by atoms with E-state index in [2.05, 4.69) is 27.7 Å². The molecule has 0 saturated heterocycles. The third-order valence-electron chi connectivity index (χ3n) is 5.17. The lowest BCUT2D eigenvalue weighted by atomic mass is 9.97. The predicted octanol–water partition coefficient (Wildman–Crippen LogP) is 4.56. The molecule has 0 aliphatic carbocycles. The zero-order valence-corrected chi connectivity index (χ0v) is 16.0. The molecule has 144 valence electrons. The lowest BCUT2D eigenvalue weighted by Gasteiger charge is -2.35. The second-order valence-corrected chi connectivity index (χ2v) is 7.65. The molecule has 1 aromatic heterocycles. The van der Waals surface area contributed by atoms with Crippen LogP contribution in [0.4, 0.5) is 8.78 Å². The molecule has 4 rings (SSSR count). The summed E-state index contributed by atoms with van der Waals surface area (Å²) in [7, 11) is 0. The number of carbonyl (C=O) groups excluding carboxylic acids is 1. The van der Waals surface area contributed by atoms with Gasteiger partial charge in [0.15, 0.2) is 0 Å². The molecule has 3 nitrogen and oxygen atoms in total. The van der Waals surface area contributed by atoms with E-state index < -0.39 is 23.1 Å². The van der Waals surface area contributed by atoms with Gasteiger partial charge in [-0.2, -0.15) is 11.3 Å². The highest BCUT2D eigenvalue weighted by Gasteiger charge is 2.26. The van der Waals surface area contributed by atoms with E-state index in [4.69, 9.17) is 0 Å². The first-order chi connectivity index (χ1) is 13.6. The summed E-state index contributed by atoms with van der Waals surface area (Å²) in [5.41, 5.74) is 3.19. The quantitative estimate of drug-likeness (QED) is 0.684. The summed E-state index contributed by atoms with van der Waals surface area (Å²) in [5, 5.41) is 6.79. The van der Waals surface area contributed by atoms with Crippen molar-refractivity contribution in [1.82, 2.24) is 10.2 Å². The molecule has 2 aromatic carbocycles. The number of fused-ring (bicyclic) bond motifs is 1. The maximum atomic E-state index is 13.9. The van der Waals surface area contributed by atoms with Gasteiger partial charge >= 0.3 is 0 Å². The molecular formula is C22H20F2N2OS. The van der Waals surface area contributed by atoms with E-state index in [0.29, 0.717) is 0 Å². The first kappa shape index (κ1) is 18.8. The monoisotopic (exact) mass is 398 g/mol. The van der Waals surface area contributed by atoms with Crippen molar-refractivity contribution in [3.8, 4) is 0 Å². The van der Waals surface area contributed by atoms with Crippen LogP contribution in [0.25, 0.3) is 0 Å². The maximum absolute atomic E-state index is 13.9. The lowest BCUT2D eigenvalue weighted by Crippen LogP contribution is -2.40. The lowest BCUT2D eigenvalue weighted by molar-refractivity contribution is 0.0919. The maximum Gasteiger partial charge on any atom is 0.257 e. The average molecular weight is 398 g/mol. The van der Waals surface area contributed by atoms with Crippen LogP contribution in [0.1, 0.15) is 33.1 Å². The smallest absolute Gasteiger partial charge is 0.257 e. The molecule has 0 spiro atoms. The summed E-state index contributed by atoms with van der Waals surface area (Å²) in [4.78, 5) is 14.7. The highest BCUT2D eigenvalue weighted by molar-refractivity contribution is 7.07. The molecule has 1 atom stereocenters. The van der Waals surface area contributed by atoms with Crippen LogP contribution in [0.15, 0.2) is 59.3 Å². The normalized spacial score (nSPS) is 15.1. The minimum Gasteiger partial charge on any atom is -0.350 e. The van der Waals surface area contributed by atoms with Crippen LogP contribution in [0.2, 0.25) is 0 Å². The van der Waals surface area contributed by atoms with Gasteiger partial charge in [0.05, 0.1) is 6.04 Å². The minimum atomic E-state index is -0.850. The fraction of sp³-hybridized carbons (Fsp3) is 0.227. The van der Waals surface area contributed by atoms with Crippen molar-refractivity contribution < 1.29 is 13.6 Å². The Bertz CT molecular complexity index is 954. The number of hydrogen-bond donors (Lipinski definition) is 1. The summed E-state index contributed by atoms with van der Waals surface area (Å²) >= 11 is 1.59. The largest absolute Gasteiger partial charge is 0.350 e. The summed E-state index contributed by atoms with van der Waals surface area (Å²) < 4.78 is 27.8. The van der Waals surface area contributed by atoms with Gasteiger partial charge in [-0.15, -0.1) is 0 Å². The Labute approximate surface area is 166 Å². The van der Waals surface area contributed by atoms with Crippen LogP contribution in [0.3, 0.4) is 0 Å². The van der Waals surface area contributed by atoms with Gasteiger partial charge in [0.25, 0.3) is 5.91 Å². The van der Waals surface area contributed by atoms with Gasteiger partial charge in [-0.1, -0.05) is 30.3 Å². The summed E-state index contributed by atoms with van der Waals surface area (Å²) in [6.45, 7) is 1.92. The van der Waals surface area contributed by atoms with Crippen LogP contribution in [0.5, 0.6) is 0 Å². The van der Waals surface area contributed by atoms with E-state index in [1.165, 1.54) is 17.2 Å². The molecule has 0 radical (unpaired) electrons. The Morgan fingerprint density at radius 3 is 2.54 bits per heavy atom. The molecule has 1 unspecified atom stereocenters. The Hall–Kier alpha value is -2.57. The van der Waals surface area contributed by atoms with Gasteiger partial charge in [-0.05, 0) is 52.1 Å². The molecule has 0 fully saturated rings. The molecule has 3 aromatic rings. The van der Waals surface area contributed by atoms with Crippen molar-refractivity contribution in [2.24, 2.45) is 0 Å². The molecule has 1 aliphatic rings. The van der Waals surface area contributed by atoms with Crippen molar-refractivity contribution in [2.45, 2.75) is 19.0 Å². The number of hydrogen-bond acceptors (Lipinski definition) is 3. The van der Waals surface area contributed by atoms with E-state index in [1.54, 1.807) is 11.3 Å². The molecule has 0 bridgehead atoms. The van der Waals surface area contributed by atoms with Crippen molar-refractivity contribution in [1.29, 1.82) is 0 Å². The standard InChI is InChI=1S/C22H20F2N2OS/c23-18-6-3-7-19(24)21(18)22(27)25-12-20(17-9-11-28-14-17)26-10-8-15-4-1-2-5-16(15)13-26/h1-7,9,11,14,20H,8,10,12-13H2,(H,25,27). The Kier molecular flexibility index (Phi) is 5.50. The van der Waals surface area contributed by atoms with Crippen LogP contribution >= 0.6 is 11.3 Å². The van der Waals surface area contributed by atoms with Crippen molar-refractivity contribution >= 4 is 17.2 Å². The molecule has 1 N–H and O–H groups in total. The third-order valence-corrected chi connectivity index (χ3v) is 5.88. The average Bonchev–Trinajstić information content (AvgIpc) is 3.22. The van der Waals surface area contributed by atoms with E-state index in [0.717, 1.165) is 37.2 Å². The number of thiophene rings is 1. The second kappa shape index (κ2) is 8.20. The zero-order chi connectivity index (χ0) is 19.5. The number of benzene rings is 2. The number of carbonyl (C=O) groups is 1.